The fourth-order valence-corrected chi connectivity index (χ4v) is 3.93. The van der Waals surface area contributed by atoms with Gasteiger partial charge in [0.1, 0.15) is 0 Å². The van der Waals surface area contributed by atoms with Crippen LogP contribution in [-0.2, 0) is 6.42 Å². The molecule has 0 aliphatic heterocycles. The number of hydrogen-bond acceptors (Lipinski definition) is 4. The van der Waals surface area contributed by atoms with Crippen LogP contribution in [-0.4, -0.2) is 15.7 Å². The van der Waals surface area contributed by atoms with Crippen molar-refractivity contribution < 1.29 is 0 Å². The summed E-state index contributed by atoms with van der Waals surface area (Å²) >= 11 is 0. The van der Waals surface area contributed by atoms with Gasteiger partial charge < -0.3 is 0 Å². The maximum atomic E-state index is 4.79. The van der Waals surface area contributed by atoms with E-state index in [0.29, 0.717) is 5.95 Å². The molecule has 0 aliphatic rings. The van der Waals surface area contributed by atoms with Crippen LogP contribution in [0.25, 0.3) is 22.5 Å². The lowest BCUT2D eigenvalue weighted by Crippen LogP contribution is -2.08. The summed E-state index contributed by atoms with van der Waals surface area (Å²) in [6.07, 6.45) is 1.70. The molecule has 0 spiro atoms. The first-order valence-corrected chi connectivity index (χ1v) is 11.8. The molecule has 0 atom stereocenters. The van der Waals surface area contributed by atoms with E-state index in [4.69, 9.17) is 15.1 Å². The molecular weight excluding hydrogens is 428 g/mol. The third-order valence-electron chi connectivity index (χ3n) is 5.76. The van der Waals surface area contributed by atoms with Crippen LogP contribution in [0.1, 0.15) is 17.5 Å². The predicted molar refractivity (Wildman–Crippen MR) is 144 cm³/mol. The topological polar surface area (TPSA) is 50.2 Å². The highest BCUT2D eigenvalue weighted by atomic mass is 15.4. The molecule has 0 saturated carbocycles. The normalized spacial score (nSPS) is 11.3. The maximum absolute atomic E-state index is 4.79. The van der Waals surface area contributed by atoms with Crippen molar-refractivity contribution in [3.8, 4) is 22.5 Å². The Morgan fingerprint density at radius 3 is 1.63 bits per heavy atom. The molecule has 0 saturated heterocycles. The van der Waals surface area contributed by atoms with E-state index in [2.05, 4.69) is 66.1 Å². The van der Waals surface area contributed by atoms with Crippen LogP contribution in [0.2, 0.25) is 0 Å². The largest absolute Gasteiger partial charge is 0.245 e. The van der Waals surface area contributed by atoms with Gasteiger partial charge in [-0.2, -0.15) is 5.10 Å². The number of anilines is 1. The standard InChI is InChI=1S/C31H26N4/c1-5-13-24(14-6-1)21-22-28(25-15-7-2-8-16-25)34-35-31-32-29(26-17-9-3-10-18-26)23-30(33-31)27-19-11-4-12-20-27/h1-20,23H,21-22H2,(H,32,33,35)/b34-28+. The predicted octanol–water partition coefficient (Wildman–Crippen LogP) is 7.26. The average Bonchev–Trinajstić information content (AvgIpc) is 2.95. The van der Waals surface area contributed by atoms with Crippen LogP contribution in [0.3, 0.4) is 0 Å². The number of aromatic nitrogens is 2. The summed E-state index contributed by atoms with van der Waals surface area (Å²) in [4.78, 5) is 9.57. The molecule has 0 aliphatic carbocycles. The van der Waals surface area contributed by atoms with E-state index in [0.717, 1.165) is 46.6 Å². The van der Waals surface area contributed by atoms with E-state index >= 15 is 0 Å². The molecule has 1 heterocycles. The van der Waals surface area contributed by atoms with Gasteiger partial charge >= 0.3 is 0 Å². The lowest BCUT2D eigenvalue weighted by molar-refractivity contribution is 1.02. The lowest BCUT2D eigenvalue weighted by atomic mass is 10.0. The summed E-state index contributed by atoms with van der Waals surface area (Å²) in [5.74, 6) is 0.471. The fraction of sp³-hybridized carbons (Fsp3) is 0.0645. The van der Waals surface area contributed by atoms with E-state index in [1.54, 1.807) is 0 Å². The van der Waals surface area contributed by atoms with Gasteiger partial charge in [-0.3, -0.25) is 0 Å². The van der Waals surface area contributed by atoms with Gasteiger partial charge in [0.15, 0.2) is 0 Å². The van der Waals surface area contributed by atoms with Crippen LogP contribution >= 0.6 is 0 Å². The molecule has 0 amide bonds. The van der Waals surface area contributed by atoms with E-state index in [1.165, 1.54) is 5.56 Å². The number of hydrazone groups is 1. The highest BCUT2D eigenvalue weighted by Gasteiger charge is 2.10. The highest BCUT2D eigenvalue weighted by Crippen LogP contribution is 2.25. The molecule has 4 aromatic carbocycles. The quantitative estimate of drug-likeness (QED) is 0.198. The van der Waals surface area contributed by atoms with Gasteiger partial charge in [0.2, 0.25) is 5.95 Å². The maximum Gasteiger partial charge on any atom is 0.244 e. The summed E-state index contributed by atoms with van der Waals surface area (Å²) < 4.78 is 0. The summed E-state index contributed by atoms with van der Waals surface area (Å²) in [6, 6.07) is 43.0. The zero-order chi connectivity index (χ0) is 23.7. The van der Waals surface area contributed by atoms with Crippen molar-refractivity contribution in [1.29, 1.82) is 0 Å². The minimum atomic E-state index is 0.471. The van der Waals surface area contributed by atoms with E-state index in [1.807, 2.05) is 66.7 Å². The molecule has 4 heteroatoms. The Morgan fingerprint density at radius 2 is 1.09 bits per heavy atom. The zero-order valence-corrected chi connectivity index (χ0v) is 19.4. The fourth-order valence-electron chi connectivity index (χ4n) is 3.93. The van der Waals surface area contributed by atoms with Crippen molar-refractivity contribution in [1.82, 2.24) is 9.97 Å². The Labute approximate surface area is 206 Å². The number of benzene rings is 4. The van der Waals surface area contributed by atoms with Crippen molar-refractivity contribution in [3.05, 3.63) is 139 Å². The van der Waals surface area contributed by atoms with Crippen molar-refractivity contribution in [3.63, 3.8) is 0 Å². The van der Waals surface area contributed by atoms with Gasteiger partial charge in [-0.15, -0.1) is 0 Å². The molecule has 0 bridgehead atoms. The summed E-state index contributed by atoms with van der Waals surface area (Å²) in [7, 11) is 0. The molecule has 35 heavy (non-hydrogen) atoms. The number of aryl methyl sites for hydroxylation is 1. The van der Waals surface area contributed by atoms with Gasteiger partial charge in [0.25, 0.3) is 0 Å². The van der Waals surface area contributed by atoms with Crippen molar-refractivity contribution >= 4 is 11.7 Å². The summed E-state index contributed by atoms with van der Waals surface area (Å²) in [6.45, 7) is 0. The Kier molecular flexibility index (Phi) is 7.01. The van der Waals surface area contributed by atoms with E-state index in [9.17, 15) is 0 Å². The van der Waals surface area contributed by atoms with Gasteiger partial charge in [-0.1, -0.05) is 121 Å². The van der Waals surface area contributed by atoms with Crippen LogP contribution in [0, 0.1) is 0 Å². The highest BCUT2D eigenvalue weighted by molar-refractivity contribution is 6.01. The van der Waals surface area contributed by atoms with Crippen LogP contribution in [0.15, 0.2) is 132 Å². The monoisotopic (exact) mass is 454 g/mol. The van der Waals surface area contributed by atoms with Gasteiger partial charge in [-0.05, 0) is 30.0 Å². The second-order valence-corrected chi connectivity index (χ2v) is 8.22. The van der Waals surface area contributed by atoms with Crippen LogP contribution in [0.4, 0.5) is 5.95 Å². The summed E-state index contributed by atoms with van der Waals surface area (Å²) in [5, 5.41) is 4.79. The van der Waals surface area contributed by atoms with Crippen molar-refractivity contribution in [2.75, 3.05) is 5.43 Å². The lowest BCUT2D eigenvalue weighted by Gasteiger charge is -2.11. The number of hydrogen-bond donors (Lipinski definition) is 1. The molecule has 1 aromatic heterocycles. The van der Waals surface area contributed by atoms with Gasteiger partial charge in [0, 0.05) is 11.1 Å². The van der Waals surface area contributed by atoms with Crippen LogP contribution < -0.4 is 5.43 Å². The van der Waals surface area contributed by atoms with E-state index < -0.39 is 0 Å². The van der Waals surface area contributed by atoms with Gasteiger partial charge in [-0.25, -0.2) is 15.4 Å². The Morgan fingerprint density at radius 1 is 0.600 bits per heavy atom. The minimum Gasteiger partial charge on any atom is -0.245 e. The Bertz CT molecular complexity index is 1330. The third kappa shape index (κ3) is 5.87. The molecule has 0 fully saturated rings. The zero-order valence-electron chi connectivity index (χ0n) is 19.4. The SMILES string of the molecule is c1ccc(CC/C(=N\Nc2nc(-c3ccccc3)cc(-c3ccccc3)n2)c2ccccc2)cc1. The first-order valence-electron chi connectivity index (χ1n) is 11.8. The second-order valence-electron chi connectivity index (χ2n) is 8.22. The number of rotatable bonds is 8. The minimum absolute atomic E-state index is 0.471. The molecule has 5 rings (SSSR count). The third-order valence-corrected chi connectivity index (χ3v) is 5.76. The average molecular weight is 455 g/mol. The van der Waals surface area contributed by atoms with Crippen molar-refractivity contribution in [2.24, 2.45) is 5.10 Å². The molecule has 170 valence electrons. The molecular formula is C31H26N4. The van der Waals surface area contributed by atoms with Crippen LogP contribution in [0.5, 0.6) is 0 Å². The van der Waals surface area contributed by atoms with Gasteiger partial charge in [0.05, 0.1) is 17.1 Å². The van der Waals surface area contributed by atoms with Crippen molar-refractivity contribution in [2.45, 2.75) is 12.8 Å². The number of nitrogens with one attached hydrogen (secondary N) is 1. The molecule has 0 radical (unpaired) electrons. The molecule has 0 unspecified atom stereocenters. The molecule has 1 N–H and O–H groups in total. The molecule has 4 nitrogen and oxygen atoms in total. The summed E-state index contributed by atoms with van der Waals surface area (Å²) in [5.41, 5.74) is 10.3. The second kappa shape index (κ2) is 11.0. The Hall–Kier alpha value is -4.57. The first kappa shape index (κ1) is 22.2. The molecule has 5 aromatic rings. The first-order chi connectivity index (χ1) is 17.3. The smallest absolute Gasteiger partial charge is 0.244 e. The van der Waals surface area contributed by atoms with E-state index in [-0.39, 0.29) is 0 Å². The Balaban J connectivity index is 1.49. The number of nitrogens with zero attached hydrogens (tertiary/aromatic N) is 3.